The van der Waals surface area contributed by atoms with Gasteiger partial charge in [-0.1, -0.05) is 18.2 Å². The number of aliphatic hydroxyl groups is 1. The van der Waals surface area contributed by atoms with Crippen molar-refractivity contribution in [2.45, 2.75) is 31.7 Å². The van der Waals surface area contributed by atoms with Crippen LogP contribution in [-0.4, -0.2) is 36.2 Å². The highest BCUT2D eigenvalue weighted by atomic mass is 31.2. The topological polar surface area (TPSA) is 65.0 Å². The summed E-state index contributed by atoms with van der Waals surface area (Å²) in [4.78, 5) is 0. The van der Waals surface area contributed by atoms with Crippen molar-refractivity contribution in [3.8, 4) is 5.75 Å². The van der Waals surface area contributed by atoms with Gasteiger partial charge in [0.2, 0.25) is 0 Å². The van der Waals surface area contributed by atoms with Crippen molar-refractivity contribution in [1.82, 2.24) is 0 Å². The number of hydrogen-bond donors (Lipinski definition) is 1. The summed E-state index contributed by atoms with van der Waals surface area (Å²) in [7, 11) is -4.73. The molecule has 0 aromatic heterocycles. The first-order valence-electron chi connectivity index (χ1n) is 7.49. The lowest BCUT2D eigenvalue weighted by molar-refractivity contribution is -0.371. The summed E-state index contributed by atoms with van der Waals surface area (Å²) in [5, 5.41) is 9.01. The second kappa shape index (κ2) is 6.92. The predicted octanol–water partition coefficient (Wildman–Crippen LogP) is 4.57. The average molecular weight is 402 g/mol. The standard InChI is InChI=1S/C15H16F5O5P/c1-3-23-26(22,24-4-2)12-9-10-7-5-6-8-11(10)25-13(12,21)14(16,17)15(18,19)20/h5-9,21H,3-4H2,1-2H3. The van der Waals surface area contributed by atoms with Crippen LogP contribution in [0.3, 0.4) is 0 Å². The second-order valence-corrected chi connectivity index (χ2v) is 7.21. The molecule has 11 heteroatoms. The normalized spacial score (nSPS) is 21.0. The summed E-state index contributed by atoms with van der Waals surface area (Å²) < 4.78 is 94.6. The molecule has 0 spiro atoms. The highest BCUT2D eigenvalue weighted by Crippen LogP contribution is 2.65. The number of para-hydroxylation sites is 1. The molecule has 1 atom stereocenters. The maximum Gasteiger partial charge on any atom is 0.460 e. The molecule has 1 aliphatic heterocycles. The molecule has 0 saturated carbocycles. The minimum atomic E-state index is -6.20. The molecule has 1 unspecified atom stereocenters. The second-order valence-electron chi connectivity index (χ2n) is 5.22. The van der Waals surface area contributed by atoms with E-state index in [-0.39, 0.29) is 18.8 Å². The summed E-state index contributed by atoms with van der Waals surface area (Å²) in [5.74, 6) is -10.6. The molecule has 2 rings (SSSR count). The van der Waals surface area contributed by atoms with Gasteiger partial charge in [0.05, 0.1) is 13.2 Å². The molecule has 26 heavy (non-hydrogen) atoms. The predicted molar refractivity (Wildman–Crippen MR) is 81.9 cm³/mol. The number of benzene rings is 1. The van der Waals surface area contributed by atoms with E-state index in [4.69, 9.17) is 9.05 Å². The van der Waals surface area contributed by atoms with Crippen LogP contribution < -0.4 is 4.74 Å². The van der Waals surface area contributed by atoms with Crippen molar-refractivity contribution in [3.63, 3.8) is 0 Å². The first kappa shape index (κ1) is 20.8. The highest BCUT2D eigenvalue weighted by molar-refractivity contribution is 7.58. The van der Waals surface area contributed by atoms with Gasteiger partial charge in [-0.15, -0.1) is 0 Å². The molecule has 5 nitrogen and oxygen atoms in total. The molecule has 0 bridgehead atoms. The van der Waals surface area contributed by atoms with E-state index in [0.717, 1.165) is 6.07 Å². The van der Waals surface area contributed by atoms with Gasteiger partial charge in [0.1, 0.15) is 11.1 Å². The van der Waals surface area contributed by atoms with Crippen LogP contribution >= 0.6 is 7.60 Å². The van der Waals surface area contributed by atoms with Crippen LogP contribution in [0.25, 0.3) is 6.08 Å². The molecule has 1 aromatic carbocycles. The van der Waals surface area contributed by atoms with Crippen LogP contribution in [0.4, 0.5) is 22.0 Å². The van der Waals surface area contributed by atoms with Gasteiger partial charge < -0.3 is 18.9 Å². The molecule has 1 aliphatic rings. The lowest BCUT2D eigenvalue weighted by Crippen LogP contribution is -2.62. The molecule has 0 saturated heterocycles. The summed E-state index contributed by atoms with van der Waals surface area (Å²) in [6.07, 6.45) is -5.49. The SMILES string of the molecule is CCOP(=O)(OCC)C1=Cc2ccccc2OC1(O)C(F)(F)C(F)(F)F. The van der Waals surface area contributed by atoms with Crippen LogP contribution in [0.15, 0.2) is 29.6 Å². The van der Waals surface area contributed by atoms with Crippen LogP contribution in [0.5, 0.6) is 5.75 Å². The van der Waals surface area contributed by atoms with Gasteiger partial charge in [0, 0.05) is 5.56 Å². The third-order valence-electron chi connectivity index (χ3n) is 3.49. The molecule has 0 fully saturated rings. The van der Waals surface area contributed by atoms with E-state index in [2.05, 4.69) is 4.74 Å². The molecule has 1 aromatic rings. The van der Waals surface area contributed by atoms with E-state index in [1.54, 1.807) is 0 Å². The maximum atomic E-state index is 14.2. The van der Waals surface area contributed by atoms with Gasteiger partial charge in [0.25, 0.3) is 0 Å². The van der Waals surface area contributed by atoms with E-state index in [1.165, 1.54) is 32.0 Å². The molecule has 0 radical (unpaired) electrons. The van der Waals surface area contributed by atoms with Crippen molar-refractivity contribution >= 4 is 13.7 Å². The van der Waals surface area contributed by atoms with Gasteiger partial charge in [-0.3, -0.25) is 4.57 Å². The van der Waals surface area contributed by atoms with E-state index in [9.17, 15) is 31.6 Å². The van der Waals surface area contributed by atoms with Gasteiger partial charge in [-0.2, -0.15) is 22.0 Å². The molecule has 146 valence electrons. The van der Waals surface area contributed by atoms with Gasteiger partial charge in [-0.25, -0.2) is 0 Å². The monoisotopic (exact) mass is 402 g/mol. The van der Waals surface area contributed by atoms with Crippen molar-refractivity contribution in [1.29, 1.82) is 0 Å². The van der Waals surface area contributed by atoms with Crippen LogP contribution in [0.2, 0.25) is 0 Å². The zero-order valence-corrected chi connectivity index (χ0v) is 14.6. The number of alkyl halides is 5. The zero-order chi connectivity index (χ0) is 19.8. The average Bonchev–Trinajstić information content (AvgIpc) is 2.53. The van der Waals surface area contributed by atoms with Crippen molar-refractivity contribution in [2.75, 3.05) is 13.2 Å². The Kier molecular flexibility index (Phi) is 5.54. The van der Waals surface area contributed by atoms with E-state index in [1.807, 2.05) is 0 Å². The Hall–Kier alpha value is -1.48. The van der Waals surface area contributed by atoms with Crippen molar-refractivity contribution in [3.05, 3.63) is 35.1 Å². The summed E-state index contributed by atoms with van der Waals surface area (Å²) in [6.45, 7) is 2.02. The lowest BCUT2D eigenvalue weighted by Gasteiger charge is -2.41. The first-order chi connectivity index (χ1) is 11.9. The van der Waals surface area contributed by atoms with Crippen LogP contribution in [0, 0.1) is 0 Å². The fourth-order valence-corrected chi connectivity index (χ4v) is 4.23. The number of halogens is 5. The molecule has 0 amide bonds. The number of rotatable bonds is 6. The molecular weight excluding hydrogens is 386 g/mol. The first-order valence-corrected chi connectivity index (χ1v) is 9.04. The maximum absolute atomic E-state index is 14.2. The summed E-state index contributed by atoms with van der Waals surface area (Å²) in [6, 6.07) is 5.18. The summed E-state index contributed by atoms with van der Waals surface area (Å²) >= 11 is 0. The molecule has 1 N–H and O–H groups in total. The minimum absolute atomic E-state index is 0.0322. The zero-order valence-electron chi connectivity index (χ0n) is 13.7. The third kappa shape index (κ3) is 3.26. The smallest absolute Gasteiger partial charge is 0.451 e. The van der Waals surface area contributed by atoms with Gasteiger partial charge >= 0.3 is 25.5 Å². The fourth-order valence-electron chi connectivity index (χ4n) is 2.35. The largest absolute Gasteiger partial charge is 0.460 e. The van der Waals surface area contributed by atoms with Gasteiger partial charge in [0.15, 0.2) is 0 Å². The Bertz CT molecular complexity index is 738. The van der Waals surface area contributed by atoms with E-state index in [0.29, 0.717) is 6.08 Å². The number of fused-ring (bicyclic) bond motifs is 1. The van der Waals surface area contributed by atoms with Crippen molar-refractivity contribution < 1.29 is 45.4 Å². The number of ether oxygens (including phenoxy) is 1. The van der Waals surface area contributed by atoms with Gasteiger partial charge in [-0.05, 0) is 26.0 Å². The molecular formula is C15H16F5O5P. The Morgan fingerprint density at radius 3 is 2.15 bits per heavy atom. The Morgan fingerprint density at radius 1 is 1.12 bits per heavy atom. The van der Waals surface area contributed by atoms with E-state index < -0.39 is 36.5 Å². The van der Waals surface area contributed by atoms with Crippen molar-refractivity contribution in [2.24, 2.45) is 0 Å². The Balaban J connectivity index is 2.76. The Morgan fingerprint density at radius 2 is 1.65 bits per heavy atom. The quantitative estimate of drug-likeness (QED) is 0.558. The van der Waals surface area contributed by atoms with Crippen LogP contribution in [0.1, 0.15) is 19.4 Å². The summed E-state index contributed by atoms with van der Waals surface area (Å²) in [5.41, 5.74) is 0.0322. The highest BCUT2D eigenvalue weighted by Gasteiger charge is 2.76. The third-order valence-corrected chi connectivity index (χ3v) is 5.71. The fraction of sp³-hybridized carbons (Fsp3) is 0.467. The lowest BCUT2D eigenvalue weighted by atomic mass is 10.0. The number of hydrogen-bond acceptors (Lipinski definition) is 5. The van der Waals surface area contributed by atoms with Crippen LogP contribution in [-0.2, 0) is 13.6 Å². The minimum Gasteiger partial charge on any atom is -0.451 e. The van der Waals surface area contributed by atoms with E-state index >= 15 is 0 Å². The molecule has 0 aliphatic carbocycles. The molecule has 1 heterocycles. The Labute approximate surface area is 145 Å².